The first-order chi connectivity index (χ1) is 8.04. The van der Waals surface area contributed by atoms with Crippen molar-refractivity contribution in [1.82, 2.24) is 5.32 Å². The monoisotopic (exact) mass is 241 g/mol. The number of amides is 1. The number of carbonyl (C=O) groups is 2. The number of unbranched alkanes of at least 4 members (excludes halogenated alkanes) is 1. The number of hydrogen-bond donors (Lipinski definition) is 2. The maximum absolute atomic E-state index is 11.9. The van der Waals surface area contributed by atoms with Crippen molar-refractivity contribution in [1.29, 1.82) is 0 Å². The number of carboxylic acids is 1. The van der Waals surface area contributed by atoms with E-state index in [9.17, 15) is 9.59 Å². The summed E-state index contributed by atoms with van der Waals surface area (Å²) in [4.78, 5) is 22.7. The number of carboxylic acid groups (broad SMARTS) is 1. The van der Waals surface area contributed by atoms with Gasteiger partial charge in [-0.05, 0) is 32.6 Å². The first-order valence-corrected chi connectivity index (χ1v) is 6.57. The molecule has 0 heterocycles. The summed E-state index contributed by atoms with van der Waals surface area (Å²) in [7, 11) is 0. The molecule has 2 N–H and O–H groups in total. The number of aliphatic carboxylic acids is 1. The van der Waals surface area contributed by atoms with Crippen molar-refractivity contribution < 1.29 is 14.7 Å². The Morgan fingerprint density at radius 2 is 2.00 bits per heavy atom. The molecule has 1 fully saturated rings. The molecule has 98 valence electrons. The second kappa shape index (κ2) is 6.62. The molecular formula is C13H23NO3. The van der Waals surface area contributed by atoms with Crippen LogP contribution in [0.3, 0.4) is 0 Å². The zero-order valence-electron chi connectivity index (χ0n) is 10.7. The molecule has 1 aliphatic rings. The molecule has 17 heavy (non-hydrogen) atoms. The van der Waals surface area contributed by atoms with Gasteiger partial charge in [-0.3, -0.25) is 9.59 Å². The second-order valence-corrected chi connectivity index (χ2v) is 5.10. The van der Waals surface area contributed by atoms with Crippen molar-refractivity contribution in [3.63, 3.8) is 0 Å². The summed E-state index contributed by atoms with van der Waals surface area (Å²) in [5, 5.41) is 11.9. The van der Waals surface area contributed by atoms with E-state index in [1.54, 1.807) is 0 Å². The standard InChI is InChI=1S/C13H23NO3/c1-3-4-5-9(2)14-12(15)10-6-7-11(8-10)13(16)17/h9-11H,3-8H2,1-2H3,(H,14,15)(H,16,17)/t9?,10-,11+/m1/s1. The van der Waals surface area contributed by atoms with Crippen LogP contribution in [0.15, 0.2) is 0 Å². The highest BCUT2D eigenvalue weighted by Crippen LogP contribution is 2.31. The fraction of sp³-hybridized carbons (Fsp3) is 0.846. The zero-order chi connectivity index (χ0) is 12.8. The molecule has 1 rings (SSSR count). The van der Waals surface area contributed by atoms with E-state index in [0.29, 0.717) is 19.3 Å². The van der Waals surface area contributed by atoms with E-state index in [4.69, 9.17) is 5.11 Å². The third-order valence-corrected chi connectivity index (χ3v) is 3.53. The van der Waals surface area contributed by atoms with Gasteiger partial charge < -0.3 is 10.4 Å². The molecule has 1 amide bonds. The minimum atomic E-state index is -0.765. The number of hydrogen-bond acceptors (Lipinski definition) is 2. The van der Waals surface area contributed by atoms with Crippen LogP contribution in [-0.4, -0.2) is 23.0 Å². The summed E-state index contributed by atoms with van der Waals surface area (Å²) in [5.74, 6) is -1.14. The molecule has 0 saturated heterocycles. The molecule has 1 aliphatic carbocycles. The quantitative estimate of drug-likeness (QED) is 0.749. The maximum Gasteiger partial charge on any atom is 0.306 e. The third kappa shape index (κ3) is 4.36. The van der Waals surface area contributed by atoms with Gasteiger partial charge in [0.25, 0.3) is 0 Å². The highest BCUT2D eigenvalue weighted by atomic mass is 16.4. The van der Waals surface area contributed by atoms with E-state index in [1.165, 1.54) is 0 Å². The first kappa shape index (κ1) is 14.0. The molecule has 4 nitrogen and oxygen atoms in total. The lowest BCUT2D eigenvalue weighted by atomic mass is 10.0. The third-order valence-electron chi connectivity index (χ3n) is 3.53. The molecular weight excluding hydrogens is 218 g/mol. The van der Waals surface area contributed by atoms with Crippen LogP contribution in [0.2, 0.25) is 0 Å². The molecule has 4 heteroatoms. The van der Waals surface area contributed by atoms with Gasteiger partial charge in [0.15, 0.2) is 0 Å². The smallest absolute Gasteiger partial charge is 0.306 e. The molecule has 0 aliphatic heterocycles. The largest absolute Gasteiger partial charge is 0.481 e. The van der Waals surface area contributed by atoms with Crippen LogP contribution < -0.4 is 5.32 Å². The number of rotatable bonds is 6. The Labute approximate surface area is 103 Å². The second-order valence-electron chi connectivity index (χ2n) is 5.10. The van der Waals surface area contributed by atoms with E-state index in [-0.39, 0.29) is 23.8 Å². The molecule has 1 saturated carbocycles. The number of nitrogens with one attached hydrogen (secondary N) is 1. The minimum absolute atomic E-state index is 0.0392. The van der Waals surface area contributed by atoms with Crippen molar-refractivity contribution in [2.45, 2.75) is 58.4 Å². The van der Waals surface area contributed by atoms with Crippen LogP contribution in [0.4, 0.5) is 0 Å². The first-order valence-electron chi connectivity index (χ1n) is 6.57. The topological polar surface area (TPSA) is 66.4 Å². The highest BCUT2D eigenvalue weighted by molar-refractivity contribution is 5.81. The molecule has 0 aromatic carbocycles. The van der Waals surface area contributed by atoms with Crippen LogP contribution >= 0.6 is 0 Å². The Bertz CT molecular complexity index is 278. The van der Waals surface area contributed by atoms with Crippen LogP contribution in [0, 0.1) is 11.8 Å². The van der Waals surface area contributed by atoms with E-state index >= 15 is 0 Å². The predicted octanol–water partition coefficient (Wildman–Crippen LogP) is 2.18. The van der Waals surface area contributed by atoms with Crippen molar-refractivity contribution in [2.75, 3.05) is 0 Å². The molecule has 0 spiro atoms. The summed E-state index contributed by atoms with van der Waals surface area (Å²) in [6.07, 6.45) is 5.09. The van der Waals surface area contributed by atoms with Gasteiger partial charge in [0, 0.05) is 12.0 Å². The molecule has 0 aromatic rings. The summed E-state index contributed by atoms with van der Waals surface area (Å²) in [6, 6.07) is 0.200. The van der Waals surface area contributed by atoms with Crippen molar-refractivity contribution >= 4 is 11.9 Å². The lowest BCUT2D eigenvalue weighted by Crippen LogP contribution is -2.36. The Morgan fingerprint density at radius 3 is 2.53 bits per heavy atom. The zero-order valence-corrected chi connectivity index (χ0v) is 10.7. The fourth-order valence-electron chi connectivity index (χ4n) is 2.39. The average Bonchev–Trinajstić information content (AvgIpc) is 2.75. The van der Waals surface area contributed by atoms with Crippen LogP contribution in [0.5, 0.6) is 0 Å². The van der Waals surface area contributed by atoms with E-state index < -0.39 is 5.97 Å². The molecule has 0 aromatic heterocycles. The predicted molar refractivity (Wildman–Crippen MR) is 65.6 cm³/mol. The lowest BCUT2D eigenvalue weighted by Gasteiger charge is -2.16. The molecule has 3 atom stereocenters. The van der Waals surface area contributed by atoms with Gasteiger partial charge in [-0.1, -0.05) is 19.8 Å². The molecule has 0 radical (unpaired) electrons. The summed E-state index contributed by atoms with van der Waals surface area (Å²) in [5.41, 5.74) is 0. The Balaban J connectivity index is 2.31. The van der Waals surface area contributed by atoms with Crippen molar-refractivity contribution in [3.05, 3.63) is 0 Å². The van der Waals surface area contributed by atoms with Gasteiger partial charge in [-0.2, -0.15) is 0 Å². The minimum Gasteiger partial charge on any atom is -0.481 e. The van der Waals surface area contributed by atoms with E-state index in [2.05, 4.69) is 12.2 Å². The van der Waals surface area contributed by atoms with Crippen molar-refractivity contribution in [2.24, 2.45) is 11.8 Å². The lowest BCUT2D eigenvalue weighted by molar-refractivity contribution is -0.141. The van der Waals surface area contributed by atoms with E-state index in [1.807, 2.05) is 6.92 Å². The Hall–Kier alpha value is -1.06. The highest BCUT2D eigenvalue weighted by Gasteiger charge is 2.33. The summed E-state index contributed by atoms with van der Waals surface area (Å²) >= 11 is 0. The normalized spacial score (nSPS) is 25.5. The van der Waals surface area contributed by atoms with Gasteiger partial charge in [0.1, 0.15) is 0 Å². The SMILES string of the molecule is CCCCC(C)NC(=O)[C@@H]1CC[C@H](C(=O)O)C1. The Morgan fingerprint density at radius 1 is 1.35 bits per heavy atom. The van der Waals surface area contributed by atoms with Gasteiger partial charge in [-0.15, -0.1) is 0 Å². The molecule has 1 unspecified atom stereocenters. The van der Waals surface area contributed by atoms with Crippen LogP contribution in [0.1, 0.15) is 52.4 Å². The summed E-state index contributed by atoms with van der Waals surface area (Å²) < 4.78 is 0. The van der Waals surface area contributed by atoms with Gasteiger partial charge in [0.2, 0.25) is 5.91 Å². The van der Waals surface area contributed by atoms with Crippen LogP contribution in [0.25, 0.3) is 0 Å². The fourth-order valence-corrected chi connectivity index (χ4v) is 2.39. The van der Waals surface area contributed by atoms with Gasteiger partial charge in [-0.25, -0.2) is 0 Å². The van der Waals surface area contributed by atoms with Crippen molar-refractivity contribution in [3.8, 4) is 0 Å². The van der Waals surface area contributed by atoms with Crippen LogP contribution in [-0.2, 0) is 9.59 Å². The Kier molecular flexibility index (Phi) is 5.45. The summed E-state index contributed by atoms with van der Waals surface area (Å²) in [6.45, 7) is 4.14. The van der Waals surface area contributed by atoms with Gasteiger partial charge in [0.05, 0.1) is 5.92 Å². The maximum atomic E-state index is 11.9. The van der Waals surface area contributed by atoms with Gasteiger partial charge >= 0.3 is 5.97 Å². The molecule has 0 bridgehead atoms. The van der Waals surface area contributed by atoms with E-state index in [0.717, 1.165) is 19.3 Å². The average molecular weight is 241 g/mol. The number of carbonyl (C=O) groups excluding carboxylic acids is 1.